The molecule has 0 atom stereocenters. The van der Waals surface area contributed by atoms with Gasteiger partial charge in [0.2, 0.25) is 5.91 Å². The van der Waals surface area contributed by atoms with Gasteiger partial charge in [-0.05, 0) is 49.3 Å². The molecule has 1 aliphatic carbocycles. The van der Waals surface area contributed by atoms with Crippen LogP contribution in [-0.2, 0) is 4.79 Å². The molecule has 1 aliphatic heterocycles. The van der Waals surface area contributed by atoms with Crippen LogP contribution in [0.15, 0.2) is 29.0 Å². The van der Waals surface area contributed by atoms with Crippen LogP contribution in [0.1, 0.15) is 44.9 Å². The minimum absolute atomic E-state index is 0.232. The van der Waals surface area contributed by atoms with Gasteiger partial charge in [0.15, 0.2) is 11.5 Å². The molecule has 152 valence electrons. The molecule has 8 heteroatoms. The number of anilines is 1. The van der Waals surface area contributed by atoms with Gasteiger partial charge in [-0.3, -0.25) is 4.79 Å². The molecule has 0 aromatic carbocycles. The van der Waals surface area contributed by atoms with Gasteiger partial charge in [0.25, 0.3) is 0 Å². The van der Waals surface area contributed by atoms with Gasteiger partial charge in [0.1, 0.15) is 5.82 Å². The minimum Gasteiger partial charge on any atom is -0.355 e. The van der Waals surface area contributed by atoms with Crippen LogP contribution in [0.4, 0.5) is 5.82 Å². The second-order valence-electron chi connectivity index (χ2n) is 8.10. The van der Waals surface area contributed by atoms with E-state index in [0.29, 0.717) is 0 Å². The number of thiophene rings is 1. The van der Waals surface area contributed by atoms with E-state index in [-0.39, 0.29) is 17.9 Å². The molecule has 1 amide bonds. The van der Waals surface area contributed by atoms with Crippen molar-refractivity contribution < 1.29 is 4.79 Å². The lowest BCUT2D eigenvalue weighted by molar-refractivity contribution is -0.126. The summed E-state index contributed by atoms with van der Waals surface area (Å²) in [5.74, 6) is 2.21. The molecular weight excluding hydrogens is 384 g/mol. The first-order valence-electron chi connectivity index (χ1n) is 10.6. The maximum absolute atomic E-state index is 12.5. The number of hydrogen-bond donors (Lipinski definition) is 1. The number of carbonyl (C=O) groups is 1. The maximum Gasteiger partial charge on any atom is 0.223 e. The zero-order chi connectivity index (χ0) is 19.6. The van der Waals surface area contributed by atoms with Crippen LogP contribution in [0.3, 0.4) is 0 Å². The standard InChI is InChI=1S/C21H26N6OS/c28-21(15-4-2-1-3-5-15)22-17-8-11-26(12-9-17)19-7-6-18-23-24-20(27(18)25-19)16-10-13-29-14-16/h6-7,10,13-15,17H,1-5,8-9,11-12H2,(H,22,28). The molecule has 1 saturated heterocycles. The molecular formula is C21H26N6OS. The second-order valence-corrected chi connectivity index (χ2v) is 8.88. The summed E-state index contributed by atoms with van der Waals surface area (Å²) in [6, 6.07) is 6.31. The molecule has 2 fully saturated rings. The molecule has 3 aromatic rings. The fourth-order valence-electron chi connectivity index (χ4n) is 4.46. The monoisotopic (exact) mass is 410 g/mol. The molecule has 29 heavy (non-hydrogen) atoms. The Balaban J connectivity index is 1.24. The number of nitrogens with one attached hydrogen (secondary N) is 1. The van der Waals surface area contributed by atoms with Crippen molar-refractivity contribution in [3.05, 3.63) is 29.0 Å². The molecule has 5 rings (SSSR count). The highest BCUT2D eigenvalue weighted by atomic mass is 32.1. The highest BCUT2D eigenvalue weighted by molar-refractivity contribution is 7.08. The Hall–Kier alpha value is -2.48. The Labute approximate surface area is 174 Å². The number of aromatic nitrogens is 4. The Kier molecular flexibility index (Phi) is 5.18. The highest BCUT2D eigenvalue weighted by Gasteiger charge is 2.26. The quantitative estimate of drug-likeness (QED) is 0.712. The summed E-state index contributed by atoms with van der Waals surface area (Å²) in [7, 11) is 0. The van der Waals surface area contributed by atoms with Crippen molar-refractivity contribution in [3.63, 3.8) is 0 Å². The Morgan fingerprint density at radius 2 is 1.86 bits per heavy atom. The largest absolute Gasteiger partial charge is 0.355 e. The number of fused-ring (bicyclic) bond motifs is 1. The third kappa shape index (κ3) is 3.85. The summed E-state index contributed by atoms with van der Waals surface area (Å²) in [5.41, 5.74) is 1.79. The summed E-state index contributed by atoms with van der Waals surface area (Å²) < 4.78 is 1.83. The first-order chi connectivity index (χ1) is 14.3. The van der Waals surface area contributed by atoms with Crippen molar-refractivity contribution in [2.24, 2.45) is 5.92 Å². The fraction of sp³-hybridized carbons (Fsp3) is 0.524. The first-order valence-corrected chi connectivity index (χ1v) is 11.5. The van der Waals surface area contributed by atoms with Crippen LogP contribution in [0.25, 0.3) is 17.0 Å². The van der Waals surface area contributed by atoms with Gasteiger partial charge >= 0.3 is 0 Å². The van der Waals surface area contributed by atoms with E-state index in [4.69, 9.17) is 5.10 Å². The van der Waals surface area contributed by atoms with E-state index in [9.17, 15) is 4.79 Å². The van der Waals surface area contributed by atoms with E-state index < -0.39 is 0 Å². The second kappa shape index (κ2) is 8.10. The zero-order valence-electron chi connectivity index (χ0n) is 16.5. The number of amides is 1. The molecule has 0 unspecified atom stereocenters. The normalized spacial score (nSPS) is 19.0. The topological polar surface area (TPSA) is 75.4 Å². The summed E-state index contributed by atoms with van der Waals surface area (Å²) >= 11 is 1.64. The van der Waals surface area contributed by atoms with Crippen molar-refractivity contribution in [3.8, 4) is 11.4 Å². The van der Waals surface area contributed by atoms with Gasteiger partial charge in [0, 0.05) is 36.0 Å². The third-order valence-corrected chi connectivity index (χ3v) is 6.85. The van der Waals surface area contributed by atoms with Crippen LogP contribution in [0, 0.1) is 5.92 Å². The smallest absolute Gasteiger partial charge is 0.223 e. The van der Waals surface area contributed by atoms with Crippen LogP contribution in [0.5, 0.6) is 0 Å². The van der Waals surface area contributed by atoms with Gasteiger partial charge in [-0.15, -0.1) is 15.3 Å². The lowest BCUT2D eigenvalue weighted by atomic mass is 9.88. The van der Waals surface area contributed by atoms with Gasteiger partial charge in [-0.1, -0.05) is 19.3 Å². The predicted octanol–water partition coefficient (Wildman–Crippen LogP) is 3.52. The summed E-state index contributed by atoms with van der Waals surface area (Å²) in [6.45, 7) is 1.79. The van der Waals surface area contributed by atoms with E-state index in [1.807, 2.05) is 28.1 Å². The third-order valence-electron chi connectivity index (χ3n) is 6.17. The molecule has 4 heterocycles. The number of rotatable bonds is 4. The van der Waals surface area contributed by atoms with Crippen molar-refractivity contribution in [1.29, 1.82) is 0 Å². The van der Waals surface area contributed by atoms with Crippen LogP contribution in [0.2, 0.25) is 0 Å². The number of hydrogen-bond acceptors (Lipinski definition) is 6. The number of piperidine rings is 1. The highest BCUT2D eigenvalue weighted by Crippen LogP contribution is 2.25. The van der Waals surface area contributed by atoms with E-state index in [1.165, 1.54) is 19.3 Å². The molecule has 0 spiro atoms. The van der Waals surface area contributed by atoms with Crippen LogP contribution >= 0.6 is 11.3 Å². The van der Waals surface area contributed by atoms with E-state index in [2.05, 4.69) is 25.8 Å². The molecule has 1 N–H and O–H groups in total. The Morgan fingerprint density at radius 1 is 1.03 bits per heavy atom. The molecule has 0 radical (unpaired) electrons. The fourth-order valence-corrected chi connectivity index (χ4v) is 5.09. The Bertz CT molecular complexity index is 970. The maximum atomic E-state index is 12.5. The van der Waals surface area contributed by atoms with E-state index in [0.717, 1.165) is 61.6 Å². The summed E-state index contributed by atoms with van der Waals surface area (Å²) in [4.78, 5) is 14.8. The average Bonchev–Trinajstić information content (AvgIpc) is 3.44. The zero-order valence-corrected chi connectivity index (χ0v) is 17.3. The van der Waals surface area contributed by atoms with Crippen LogP contribution in [-0.4, -0.2) is 44.8 Å². The summed E-state index contributed by atoms with van der Waals surface area (Å²) in [6.07, 6.45) is 7.69. The van der Waals surface area contributed by atoms with Gasteiger partial charge < -0.3 is 10.2 Å². The molecule has 3 aromatic heterocycles. The van der Waals surface area contributed by atoms with E-state index in [1.54, 1.807) is 11.3 Å². The first kappa shape index (κ1) is 18.5. The lowest BCUT2D eigenvalue weighted by Gasteiger charge is -2.34. The molecule has 7 nitrogen and oxygen atoms in total. The predicted molar refractivity (Wildman–Crippen MR) is 114 cm³/mol. The molecule has 0 bridgehead atoms. The molecule has 2 aliphatic rings. The number of carbonyl (C=O) groups excluding carboxylic acids is 1. The minimum atomic E-state index is 0.232. The van der Waals surface area contributed by atoms with Crippen molar-refractivity contribution in [1.82, 2.24) is 25.1 Å². The van der Waals surface area contributed by atoms with Gasteiger partial charge in [-0.2, -0.15) is 15.9 Å². The van der Waals surface area contributed by atoms with Crippen molar-refractivity contribution in [2.45, 2.75) is 51.0 Å². The lowest BCUT2D eigenvalue weighted by Crippen LogP contribution is -2.46. The molecule has 1 saturated carbocycles. The average molecular weight is 411 g/mol. The van der Waals surface area contributed by atoms with Gasteiger partial charge in [-0.25, -0.2) is 0 Å². The van der Waals surface area contributed by atoms with E-state index >= 15 is 0 Å². The Morgan fingerprint density at radius 3 is 2.62 bits per heavy atom. The summed E-state index contributed by atoms with van der Waals surface area (Å²) in [5, 5.41) is 20.8. The van der Waals surface area contributed by atoms with Crippen LogP contribution < -0.4 is 10.2 Å². The number of nitrogens with zero attached hydrogens (tertiary/aromatic N) is 5. The van der Waals surface area contributed by atoms with Gasteiger partial charge in [0.05, 0.1) is 0 Å². The van der Waals surface area contributed by atoms with Crippen molar-refractivity contribution >= 4 is 28.7 Å². The SMILES string of the molecule is O=C(NC1CCN(c2ccc3nnc(-c4ccsc4)n3n2)CC1)C1CCCCC1. The van der Waals surface area contributed by atoms with Crippen molar-refractivity contribution in [2.75, 3.05) is 18.0 Å².